The molecule has 0 bridgehead atoms. The van der Waals surface area contributed by atoms with E-state index in [0.717, 1.165) is 50.3 Å². The number of hydrogen-bond donors (Lipinski definition) is 2. The van der Waals surface area contributed by atoms with Gasteiger partial charge in [0.1, 0.15) is 0 Å². The van der Waals surface area contributed by atoms with Crippen molar-refractivity contribution in [1.29, 1.82) is 0 Å². The molecular formula is C19H28ClN3O. The zero-order valence-corrected chi connectivity index (χ0v) is 15.0. The van der Waals surface area contributed by atoms with Crippen molar-refractivity contribution in [1.82, 2.24) is 15.5 Å². The Morgan fingerprint density at radius 2 is 1.62 bits per heavy atom. The third-order valence-electron chi connectivity index (χ3n) is 5.21. The summed E-state index contributed by atoms with van der Waals surface area (Å²) < 4.78 is 0. The van der Waals surface area contributed by atoms with Gasteiger partial charge in [0.25, 0.3) is 0 Å². The molecule has 1 heterocycles. The van der Waals surface area contributed by atoms with Crippen molar-refractivity contribution in [2.75, 3.05) is 13.1 Å². The van der Waals surface area contributed by atoms with Gasteiger partial charge in [-0.05, 0) is 37.3 Å². The van der Waals surface area contributed by atoms with Gasteiger partial charge in [-0.15, -0.1) is 0 Å². The third-order valence-corrected chi connectivity index (χ3v) is 5.58. The lowest BCUT2D eigenvalue weighted by Gasteiger charge is -2.33. The maximum atomic E-state index is 12.1. The average Bonchev–Trinajstić information content (AvgIpc) is 2.59. The van der Waals surface area contributed by atoms with Crippen LogP contribution < -0.4 is 10.6 Å². The van der Waals surface area contributed by atoms with E-state index in [9.17, 15) is 4.79 Å². The van der Waals surface area contributed by atoms with Crippen LogP contribution in [0.15, 0.2) is 24.3 Å². The third kappa shape index (κ3) is 5.12. The summed E-state index contributed by atoms with van der Waals surface area (Å²) >= 11 is 6.24. The number of urea groups is 1. The summed E-state index contributed by atoms with van der Waals surface area (Å²) in [5, 5.41) is 7.14. The van der Waals surface area contributed by atoms with Crippen LogP contribution in [0.2, 0.25) is 5.02 Å². The highest BCUT2D eigenvalue weighted by atomic mass is 35.5. The van der Waals surface area contributed by atoms with Gasteiger partial charge >= 0.3 is 6.03 Å². The minimum atomic E-state index is 0.0199. The largest absolute Gasteiger partial charge is 0.335 e. The lowest BCUT2D eigenvalue weighted by atomic mass is 9.96. The highest BCUT2D eigenvalue weighted by Crippen LogP contribution is 2.20. The van der Waals surface area contributed by atoms with Crippen molar-refractivity contribution < 1.29 is 4.79 Å². The van der Waals surface area contributed by atoms with E-state index in [4.69, 9.17) is 11.6 Å². The van der Waals surface area contributed by atoms with E-state index in [1.807, 2.05) is 18.2 Å². The van der Waals surface area contributed by atoms with Crippen LogP contribution in [0, 0.1) is 0 Å². The zero-order chi connectivity index (χ0) is 16.8. The molecule has 2 fully saturated rings. The molecule has 4 nitrogen and oxygen atoms in total. The highest BCUT2D eigenvalue weighted by Gasteiger charge is 2.22. The van der Waals surface area contributed by atoms with E-state index in [2.05, 4.69) is 21.6 Å². The van der Waals surface area contributed by atoms with Gasteiger partial charge in [-0.1, -0.05) is 49.1 Å². The molecule has 1 aliphatic heterocycles. The lowest BCUT2D eigenvalue weighted by Crippen LogP contribution is -2.50. The first kappa shape index (κ1) is 17.6. The Balaban J connectivity index is 1.38. The SMILES string of the molecule is O=C(NC1CCCCC1)NC1CCN(Cc2ccccc2Cl)CC1. The molecule has 2 N–H and O–H groups in total. The molecule has 1 aromatic rings. The average molecular weight is 350 g/mol. The van der Waals surface area contributed by atoms with Crippen molar-refractivity contribution in [3.8, 4) is 0 Å². The number of carbonyl (C=O) groups excluding carboxylic acids is 1. The summed E-state index contributed by atoms with van der Waals surface area (Å²) in [5.74, 6) is 0. The van der Waals surface area contributed by atoms with Gasteiger partial charge in [-0.3, -0.25) is 4.90 Å². The zero-order valence-electron chi connectivity index (χ0n) is 14.3. The standard InChI is InChI=1S/C19H28ClN3O/c20-18-9-5-4-6-15(18)14-23-12-10-17(11-13-23)22-19(24)21-16-7-2-1-3-8-16/h4-6,9,16-17H,1-3,7-8,10-14H2,(H2,21,22,24). The Bertz CT molecular complexity index is 537. The van der Waals surface area contributed by atoms with Crippen molar-refractivity contribution >= 4 is 17.6 Å². The minimum absolute atomic E-state index is 0.0199. The van der Waals surface area contributed by atoms with Gasteiger partial charge in [-0.25, -0.2) is 4.79 Å². The van der Waals surface area contributed by atoms with Gasteiger partial charge in [0.2, 0.25) is 0 Å². The Morgan fingerprint density at radius 1 is 1.00 bits per heavy atom. The van der Waals surface area contributed by atoms with Gasteiger partial charge in [-0.2, -0.15) is 0 Å². The maximum absolute atomic E-state index is 12.1. The quantitative estimate of drug-likeness (QED) is 0.864. The van der Waals surface area contributed by atoms with Crippen molar-refractivity contribution in [3.63, 3.8) is 0 Å². The molecule has 0 unspecified atom stereocenters. The number of benzene rings is 1. The smallest absolute Gasteiger partial charge is 0.315 e. The predicted molar refractivity (Wildman–Crippen MR) is 98.3 cm³/mol. The number of halogens is 1. The molecule has 1 aliphatic carbocycles. The van der Waals surface area contributed by atoms with E-state index >= 15 is 0 Å². The Labute approximate surface area is 149 Å². The van der Waals surface area contributed by atoms with Crippen LogP contribution in [0.1, 0.15) is 50.5 Å². The van der Waals surface area contributed by atoms with Crippen molar-refractivity contribution in [2.24, 2.45) is 0 Å². The van der Waals surface area contributed by atoms with Crippen molar-refractivity contribution in [2.45, 2.75) is 63.6 Å². The number of amides is 2. The van der Waals surface area contributed by atoms with Gasteiger partial charge in [0.05, 0.1) is 0 Å². The predicted octanol–water partition coefficient (Wildman–Crippen LogP) is 3.94. The molecule has 0 spiro atoms. The van der Waals surface area contributed by atoms with E-state index in [1.54, 1.807) is 0 Å². The number of nitrogens with one attached hydrogen (secondary N) is 2. The number of piperidine rings is 1. The molecule has 1 saturated carbocycles. The molecule has 5 heteroatoms. The second-order valence-corrected chi connectivity index (χ2v) is 7.50. The summed E-state index contributed by atoms with van der Waals surface area (Å²) in [4.78, 5) is 14.6. The molecule has 132 valence electrons. The van der Waals surface area contributed by atoms with Crippen LogP contribution in [0.5, 0.6) is 0 Å². The summed E-state index contributed by atoms with van der Waals surface area (Å²) in [6, 6.07) is 8.71. The Hall–Kier alpha value is -1.26. The molecule has 2 aliphatic rings. The van der Waals surface area contributed by atoms with E-state index < -0.39 is 0 Å². The first-order valence-corrected chi connectivity index (χ1v) is 9.61. The number of hydrogen-bond acceptors (Lipinski definition) is 2. The second kappa shape index (κ2) is 8.72. The Morgan fingerprint density at radius 3 is 2.29 bits per heavy atom. The van der Waals surface area contributed by atoms with E-state index in [0.29, 0.717) is 6.04 Å². The fourth-order valence-corrected chi connectivity index (χ4v) is 3.96. The fraction of sp³-hybridized carbons (Fsp3) is 0.632. The molecule has 24 heavy (non-hydrogen) atoms. The van der Waals surface area contributed by atoms with Gasteiger partial charge in [0.15, 0.2) is 0 Å². The minimum Gasteiger partial charge on any atom is -0.335 e. The Kier molecular flexibility index (Phi) is 6.38. The number of nitrogens with zero attached hydrogens (tertiary/aromatic N) is 1. The first-order valence-electron chi connectivity index (χ1n) is 9.23. The van der Waals surface area contributed by atoms with Crippen LogP contribution in [0.4, 0.5) is 4.79 Å². The van der Waals surface area contributed by atoms with Crippen LogP contribution in [0.3, 0.4) is 0 Å². The molecule has 0 atom stereocenters. The molecule has 2 amide bonds. The molecule has 1 aromatic carbocycles. The summed E-state index contributed by atoms with van der Waals surface area (Å²) in [6.45, 7) is 2.89. The first-order chi connectivity index (χ1) is 11.7. The highest BCUT2D eigenvalue weighted by molar-refractivity contribution is 6.31. The number of carbonyl (C=O) groups is 1. The number of likely N-dealkylation sites (tertiary alicyclic amines) is 1. The molecule has 0 aromatic heterocycles. The van der Waals surface area contributed by atoms with E-state index in [-0.39, 0.29) is 12.1 Å². The normalized spacial score (nSPS) is 20.7. The molecule has 0 radical (unpaired) electrons. The summed E-state index contributed by atoms with van der Waals surface area (Å²) in [5.41, 5.74) is 1.18. The van der Waals surface area contributed by atoms with Crippen LogP contribution >= 0.6 is 11.6 Å². The number of rotatable bonds is 4. The maximum Gasteiger partial charge on any atom is 0.315 e. The molecular weight excluding hydrogens is 322 g/mol. The summed E-state index contributed by atoms with van der Waals surface area (Å²) in [7, 11) is 0. The van der Waals surface area contributed by atoms with Crippen LogP contribution in [0.25, 0.3) is 0 Å². The fourth-order valence-electron chi connectivity index (χ4n) is 3.76. The molecule has 3 rings (SSSR count). The lowest BCUT2D eigenvalue weighted by molar-refractivity contribution is 0.184. The van der Waals surface area contributed by atoms with Gasteiger partial charge < -0.3 is 10.6 Å². The van der Waals surface area contributed by atoms with E-state index in [1.165, 1.54) is 24.8 Å². The van der Waals surface area contributed by atoms with Gasteiger partial charge in [0, 0.05) is 36.7 Å². The second-order valence-electron chi connectivity index (χ2n) is 7.09. The van der Waals surface area contributed by atoms with Crippen LogP contribution in [-0.2, 0) is 6.54 Å². The summed E-state index contributed by atoms with van der Waals surface area (Å²) in [6.07, 6.45) is 8.05. The monoisotopic (exact) mass is 349 g/mol. The van der Waals surface area contributed by atoms with Crippen molar-refractivity contribution in [3.05, 3.63) is 34.9 Å². The van der Waals surface area contributed by atoms with Crippen LogP contribution in [-0.4, -0.2) is 36.1 Å². The topological polar surface area (TPSA) is 44.4 Å². The molecule has 1 saturated heterocycles.